The van der Waals surface area contributed by atoms with E-state index in [1.54, 1.807) is 30.1 Å². The van der Waals surface area contributed by atoms with Gasteiger partial charge in [-0.2, -0.15) is 4.31 Å². The van der Waals surface area contributed by atoms with E-state index in [0.29, 0.717) is 18.8 Å². The Morgan fingerprint density at radius 1 is 0.875 bits per heavy atom. The summed E-state index contributed by atoms with van der Waals surface area (Å²) in [6, 6.07) is 16.3. The average molecular weight is 490 g/mol. The zero-order chi connectivity index (χ0) is 22.6. The first kappa shape index (κ1) is 22.8. The van der Waals surface area contributed by atoms with Gasteiger partial charge < -0.3 is 0 Å². The third-order valence-corrected chi connectivity index (χ3v) is 9.46. The number of sulfonamides is 2. The van der Waals surface area contributed by atoms with Crippen LogP contribution in [0, 0.1) is 0 Å². The molecule has 0 spiro atoms. The number of anilines is 1. The zero-order valence-corrected chi connectivity index (χ0v) is 19.7. The molecule has 10 heteroatoms. The highest BCUT2D eigenvalue weighted by molar-refractivity contribution is 7.98. The standard InChI is InChI=1S/C22H23N3O4S3/c26-31(27,21-9-11-22(12-10-21)32(28,29)25-14-1-2-15-25)24-19-5-7-20(8-6-19)30-17-18-4-3-13-23-16-18/h3-13,16,24H,1-2,14-15,17H2. The molecule has 168 valence electrons. The first-order valence-electron chi connectivity index (χ1n) is 10.1. The monoisotopic (exact) mass is 489 g/mol. The van der Waals surface area contributed by atoms with Gasteiger partial charge in [-0.15, -0.1) is 11.8 Å². The predicted molar refractivity (Wildman–Crippen MR) is 125 cm³/mol. The van der Waals surface area contributed by atoms with Crippen molar-refractivity contribution in [3.05, 3.63) is 78.6 Å². The molecule has 1 aromatic heterocycles. The summed E-state index contributed by atoms with van der Waals surface area (Å²) in [7, 11) is -7.41. The van der Waals surface area contributed by atoms with Crippen molar-refractivity contribution in [3.8, 4) is 0 Å². The van der Waals surface area contributed by atoms with Gasteiger partial charge in [0.2, 0.25) is 10.0 Å². The molecule has 0 aliphatic carbocycles. The lowest BCUT2D eigenvalue weighted by molar-refractivity contribution is 0.477. The first-order valence-corrected chi connectivity index (χ1v) is 14.0. The summed E-state index contributed by atoms with van der Waals surface area (Å²) in [5, 5.41) is 0. The number of pyridine rings is 1. The van der Waals surface area contributed by atoms with E-state index >= 15 is 0 Å². The largest absolute Gasteiger partial charge is 0.280 e. The van der Waals surface area contributed by atoms with Crippen molar-refractivity contribution < 1.29 is 16.8 Å². The van der Waals surface area contributed by atoms with Gasteiger partial charge in [0, 0.05) is 41.8 Å². The highest BCUT2D eigenvalue weighted by atomic mass is 32.2. The Morgan fingerprint density at radius 2 is 1.53 bits per heavy atom. The van der Waals surface area contributed by atoms with Gasteiger partial charge in [0.15, 0.2) is 0 Å². The molecule has 0 unspecified atom stereocenters. The third-order valence-electron chi connectivity index (χ3n) is 5.07. The maximum atomic E-state index is 12.7. The van der Waals surface area contributed by atoms with E-state index in [4.69, 9.17) is 0 Å². The minimum atomic E-state index is -3.84. The Balaban J connectivity index is 1.41. The Hall–Kier alpha value is -2.40. The number of hydrogen-bond donors (Lipinski definition) is 1. The smallest absolute Gasteiger partial charge is 0.261 e. The number of nitrogens with one attached hydrogen (secondary N) is 1. The Morgan fingerprint density at radius 3 is 2.16 bits per heavy atom. The van der Waals surface area contributed by atoms with Crippen LogP contribution in [-0.2, 0) is 25.8 Å². The van der Waals surface area contributed by atoms with Crippen LogP contribution in [0.3, 0.4) is 0 Å². The fourth-order valence-corrected chi connectivity index (χ4v) is 6.76. The summed E-state index contributed by atoms with van der Waals surface area (Å²) in [6.45, 7) is 1.00. The summed E-state index contributed by atoms with van der Waals surface area (Å²) in [5.41, 5.74) is 1.54. The second-order valence-electron chi connectivity index (χ2n) is 7.36. The van der Waals surface area contributed by atoms with Crippen molar-refractivity contribution in [2.45, 2.75) is 33.3 Å². The maximum Gasteiger partial charge on any atom is 0.261 e. The number of hydrogen-bond acceptors (Lipinski definition) is 6. The topological polar surface area (TPSA) is 96.4 Å². The van der Waals surface area contributed by atoms with Gasteiger partial charge in [0.05, 0.1) is 9.79 Å². The molecule has 1 fully saturated rings. The molecule has 0 bridgehead atoms. The van der Waals surface area contributed by atoms with Gasteiger partial charge in [-0.1, -0.05) is 6.07 Å². The predicted octanol–water partition coefficient (Wildman–Crippen LogP) is 3.96. The number of nitrogens with zero attached hydrogens (tertiary/aromatic N) is 2. The maximum absolute atomic E-state index is 12.7. The number of benzene rings is 2. The van der Waals surface area contributed by atoms with Crippen molar-refractivity contribution in [3.63, 3.8) is 0 Å². The van der Waals surface area contributed by atoms with E-state index in [1.165, 1.54) is 28.6 Å². The molecule has 0 atom stereocenters. The summed E-state index contributed by atoms with van der Waals surface area (Å²) in [6.07, 6.45) is 5.24. The second kappa shape index (κ2) is 9.62. The quantitative estimate of drug-likeness (QED) is 0.481. The molecule has 0 saturated carbocycles. The Labute approximate surface area is 193 Å². The highest BCUT2D eigenvalue weighted by Crippen LogP contribution is 2.26. The SMILES string of the molecule is O=S(=O)(Nc1ccc(SCc2cccnc2)cc1)c1ccc(S(=O)(=O)N2CCCC2)cc1. The molecule has 2 heterocycles. The van der Waals surface area contributed by atoms with Crippen LogP contribution < -0.4 is 4.72 Å². The minimum Gasteiger partial charge on any atom is -0.280 e. The van der Waals surface area contributed by atoms with Crippen LogP contribution in [-0.4, -0.2) is 39.2 Å². The molecule has 1 aliphatic rings. The third kappa shape index (κ3) is 5.32. The summed E-state index contributed by atoms with van der Waals surface area (Å²) in [4.78, 5) is 5.21. The lowest BCUT2D eigenvalue weighted by Crippen LogP contribution is -2.27. The second-order valence-corrected chi connectivity index (χ2v) is 12.0. The fraction of sp³-hybridized carbons (Fsp3) is 0.227. The molecule has 0 amide bonds. The van der Waals surface area contributed by atoms with Crippen LogP contribution in [0.1, 0.15) is 18.4 Å². The van der Waals surface area contributed by atoms with Crippen LogP contribution in [0.4, 0.5) is 5.69 Å². The molecule has 7 nitrogen and oxygen atoms in total. The first-order chi connectivity index (χ1) is 15.3. The highest BCUT2D eigenvalue weighted by Gasteiger charge is 2.27. The summed E-state index contributed by atoms with van der Waals surface area (Å²) in [5.74, 6) is 0.769. The van der Waals surface area contributed by atoms with Crippen LogP contribution in [0.25, 0.3) is 0 Å². The molecule has 1 N–H and O–H groups in total. The van der Waals surface area contributed by atoms with Gasteiger partial charge in [-0.25, -0.2) is 16.8 Å². The average Bonchev–Trinajstić information content (AvgIpc) is 3.35. The molecule has 3 aromatic rings. The molecular formula is C22H23N3O4S3. The van der Waals surface area contributed by atoms with Crippen molar-refractivity contribution in [2.75, 3.05) is 17.8 Å². The zero-order valence-electron chi connectivity index (χ0n) is 17.2. The van der Waals surface area contributed by atoms with E-state index in [9.17, 15) is 16.8 Å². The molecule has 4 rings (SSSR count). The molecule has 2 aromatic carbocycles. The van der Waals surface area contributed by atoms with Crippen LogP contribution in [0.2, 0.25) is 0 Å². The number of aromatic nitrogens is 1. The van der Waals surface area contributed by atoms with Crippen LogP contribution in [0.5, 0.6) is 0 Å². The minimum absolute atomic E-state index is 0.00732. The normalized spacial score (nSPS) is 15.0. The lowest BCUT2D eigenvalue weighted by Gasteiger charge is -2.15. The van der Waals surface area contributed by atoms with E-state index in [1.807, 2.05) is 30.5 Å². The van der Waals surface area contributed by atoms with E-state index in [-0.39, 0.29) is 9.79 Å². The Bertz CT molecular complexity index is 1260. The van der Waals surface area contributed by atoms with Crippen molar-refractivity contribution in [2.24, 2.45) is 0 Å². The van der Waals surface area contributed by atoms with Crippen molar-refractivity contribution >= 4 is 37.5 Å². The van der Waals surface area contributed by atoms with Gasteiger partial charge in [0.1, 0.15) is 0 Å². The summed E-state index contributed by atoms with van der Waals surface area (Å²) < 4.78 is 54.7. The van der Waals surface area contributed by atoms with Crippen molar-refractivity contribution in [1.29, 1.82) is 0 Å². The Kier molecular flexibility index (Phi) is 6.85. The molecular weight excluding hydrogens is 466 g/mol. The van der Waals surface area contributed by atoms with Crippen LogP contribution in [0.15, 0.2) is 87.7 Å². The number of rotatable bonds is 8. The lowest BCUT2D eigenvalue weighted by atomic mass is 10.3. The van der Waals surface area contributed by atoms with E-state index in [2.05, 4.69) is 9.71 Å². The van der Waals surface area contributed by atoms with Gasteiger partial charge in [-0.3, -0.25) is 9.71 Å². The number of thioether (sulfide) groups is 1. The van der Waals surface area contributed by atoms with Gasteiger partial charge in [0.25, 0.3) is 10.0 Å². The van der Waals surface area contributed by atoms with E-state index < -0.39 is 20.0 Å². The molecule has 0 radical (unpaired) electrons. The molecule has 1 saturated heterocycles. The van der Waals surface area contributed by atoms with Crippen LogP contribution >= 0.6 is 11.8 Å². The molecule has 1 aliphatic heterocycles. The van der Waals surface area contributed by atoms with E-state index in [0.717, 1.165) is 29.1 Å². The summed E-state index contributed by atoms with van der Waals surface area (Å²) >= 11 is 1.63. The fourth-order valence-electron chi connectivity index (χ4n) is 3.35. The van der Waals surface area contributed by atoms with Gasteiger partial charge >= 0.3 is 0 Å². The molecule has 32 heavy (non-hydrogen) atoms. The van der Waals surface area contributed by atoms with Crippen molar-refractivity contribution in [1.82, 2.24) is 9.29 Å². The van der Waals surface area contributed by atoms with Gasteiger partial charge in [-0.05, 0) is 73.0 Å².